The molecule has 3 nitrogen and oxygen atoms in total. The number of ketones is 1. The van der Waals surface area contributed by atoms with Gasteiger partial charge in [0.2, 0.25) is 0 Å². The van der Waals surface area contributed by atoms with Crippen LogP contribution in [-0.2, 0) is 24.9 Å². The molecule has 0 saturated carbocycles. The maximum absolute atomic E-state index is 10.0. The fourth-order valence-corrected chi connectivity index (χ4v) is 2.65. The number of allylic oxidation sites excluding steroid dienone is 2. The number of aliphatic hydroxyl groups excluding tert-OH is 1. The molecule has 1 N–H and O–H groups in total. The first kappa shape index (κ1) is 21.8. The van der Waals surface area contributed by atoms with Crippen LogP contribution in [0.1, 0.15) is 25.0 Å². The molecule has 0 fully saturated rings. The fourth-order valence-electron chi connectivity index (χ4n) is 2.65. The number of pyridine rings is 1. The van der Waals surface area contributed by atoms with Crippen LogP contribution in [0.5, 0.6) is 0 Å². The number of aromatic nitrogens is 1. The number of carbonyl (C=O) groups is 1. The second kappa shape index (κ2) is 10.0. The minimum Gasteiger partial charge on any atom is -0.512 e. The predicted molar refractivity (Wildman–Crippen MR) is 103 cm³/mol. The molecule has 3 aromatic rings. The molecule has 0 saturated heterocycles. The van der Waals surface area contributed by atoms with Crippen LogP contribution in [0.4, 0.5) is 0 Å². The second-order valence-corrected chi connectivity index (χ2v) is 6.03. The maximum atomic E-state index is 10.0. The molecule has 0 amide bonds. The molecule has 0 aliphatic heterocycles. The van der Waals surface area contributed by atoms with Crippen LogP contribution in [0.3, 0.4) is 0 Å². The zero-order chi connectivity index (χ0) is 18.4. The molecule has 1 aromatic heterocycles. The van der Waals surface area contributed by atoms with Gasteiger partial charge in [0, 0.05) is 32.4 Å². The van der Waals surface area contributed by atoms with Gasteiger partial charge in [0.05, 0.1) is 5.76 Å². The summed E-state index contributed by atoms with van der Waals surface area (Å²) in [6, 6.07) is 18.0. The van der Waals surface area contributed by atoms with E-state index in [0.29, 0.717) is 0 Å². The third kappa shape index (κ3) is 6.21. The standard InChI is InChI=1S/C17H14N.C5H8O2.Ir/c1-12-9-13(2)11-15(10-12)17-16-6-4-3-5-14(16)7-8-18-17;1-4(6)3-5(2)7;/h3-10H,1-2H3;3,6H,1-2H3;/q-1;;/b;4-3-;. The molecule has 4 heteroatoms. The Morgan fingerprint density at radius 3 is 2.38 bits per heavy atom. The maximum Gasteiger partial charge on any atom is 0.155 e. The van der Waals surface area contributed by atoms with E-state index in [2.05, 4.69) is 61.3 Å². The molecule has 0 spiro atoms. The van der Waals surface area contributed by atoms with Crippen LogP contribution in [-0.4, -0.2) is 15.9 Å². The predicted octanol–water partition coefficient (Wildman–Crippen LogP) is 5.35. The second-order valence-electron chi connectivity index (χ2n) is 6.03. The van der Waals surface area contributed by atoms with E-state index in [1.165, 1.54) is 36.3 Å². The van der Waals surface area contributed by atoms with Gasteiger partial charge in [-0.1, -0.05) is 38.1 Å². The largest absolute Gasteiger partial charge is 0.512 e. The van der Waals surface area contributed by atoms with Crippen molar-refractivity contribution in [3.05, 3.63) is 77.7 Å². The number of carbonyl (C=O) groups excluding carboxylic acids is 1. The van der Waals surface area contributed by atoms with Gasteiger partial charge in [-0.3, -0.25) is 4.79 Å². The van der Waals surface area contributed by atoms with Gasteiger partial charge in [0.25, 0.3) is 0 Å². The van der Waals surface area contributed by atoms with Gasteiger partial charge in [0.15, 0.2) is 5.78 Å². The summed E-state index contributed by atoms with van der Waals surface area (Å²) in [6.07, 6.45) is 3.03. The minimum atomic E-state index is -0.125. The molecule has 26 heavy (non-hydrogen) atoms. The van der Waals surface area contributed by atoms with Gasteiger partial charge in [-0.25, -0.2) is 0 Å². The van der Waals surface area contributed by atoms with Gasteiger partial charge in [0.1, 0.15) is 0 Å². The van der Waals surface area contributed by atoms with Crippen LogP contribution in [0.25, 0.3) is 22.0 Å². The Morgan fingerprint density at radius 1 is 1.12 bits per heavy atom. The van der Waals surface area contributed by atoms with Gasteiger partial charge < -0.3 is 10.1 Å². The minimum absolute atomic E-state index is 0. The van der Waals surface area contributed by atoms with E-state index in [9.17, 15) is 4.79 Å². The Balaban J connectivity index is 0.000000366. The van der Waals surface area contributed by atoms with Crippen molar-refractivity contribution in [3.8, 4) is 11.3 Å². The van der Waals surface area contributed by atoms with Crippen molar-refractivity contribution in [1.82, 2.24) is 4.98 Å². The van der Waals surface area contributed by atoms with Crippen LogP contribution in [0.2, 0.25) is 0 Å². The van der Waals surface area contributed by atoms with E-state index in [1.807, 2.05) is 12.3 Å². The summed E-state index contributed by atoms with van der Waals surface area (Å²) >= 11 is 0. The normalized spacial score (nSPS) is 10.5. The van der Waals surface area contributed by atoms with Gasteiger partial charge in [-0.2, -0.15) is 0 Å². The molecule has 0 atom stereocenters. The fraction of sp³-hybridized carbons (Fsp3) is 0.182. The van der Waals surface area contributed by atoms with Crippen molar-refractivity contribution in [1.29, 1.82) is 0 Å². The van der Waals surface area contributed by atoms with Crippen molar-refractivity contribution in [2.75, 3.05) is 0 Å². The molecule has 2 aromatic carbocycles. The third-order valence-corrected chi connectivity index (χ3v) is 3.49. The number of fused-ring (bicyclic) bond motifs is 1. The van der Waals surface area contributed by atoms with Crippen molar-refractivity contribution in [2.45, 2.75) is 27.7 Å². The van der Waals surface area contributed by atoms with Crippen LogP contribution < -0.4 is 0 Å². The Morgan fingerprint density at radius 2 is 1.81 bits per heavy atom. The van der Waals surface area contributed by atoms with Crippen molar-refractivity contribution in [2.24, 2.45) is 0 Å². The summed E-state index contributed by atoms with van der Waals surface area (Å²) in [5.41, 5.74) is 4.49. The number of aryl methyl sites for hydroxylation is 2. The van der Waals surface area contributed by atoms with Gasteiger partial charge in [-0.05, 0) is 36.4 Å². The summed E-state index contributed by atoms with van der Waals surface area (Å²) < 4.78 is 0. The topological polar surface area (TPSA) is 50.2 Å². The molecule has 1 radical (unpaired) electrons. The van der Waals surface area contributed by atoms with Crippen molar-refractivity contribution >= 4 is 16.6 Å². The first-order valence-corrected chi connectivity index (χ1v) is 8.09. The molecule has 0 bridgehead atoms. The SMILES string of the molecule is CC(=O)/C=C(/C)O.Cc1[c-]c(-c2nccc3ccccc23)cc(C)c1.[Ir]. The molecule has 0 unspecified atom stereocenters. The molecular weight excluding hydrogens is 502 g/mol. The average molecular weight is 525 g/mol. The quantitative estimate of drug-likeness (QED) is 0.279. The van der Waals surface area contributed by atoms with Crippen LogP contribution in [0, 0.1) is 19.9 Å². The monoisotopic (exact) mass is 525 g/mol. The van der Waals surface area contributed by atoms with Crippen LogP contribution in [0.15, 0.2) is 60.5 Å². The molecule has 0 aliphatic rings. The number of nitrogens with zero attached hydrogens (tertiary/aromatic N) is 1. The van der Waals surface area contributed by atoms with E-state index >= 15 is 0 Å². The molecule has 0 aliphatic carbocycles. The zero-order valence-electron chi connectivity index (χ0n) is 15.3. The van der Waals surface area contributed by atoms with Crippen molar-refractivity contribution < 1.29 is 30.0 Å². The van der Waals surface area contributed by atoms with E-state index in [1.54, 1.807) is 0 Å². The summed E-state index contributed by atoms with van der Waals surface area (Å²) in [6.45, 7) is 7.03. The Kier molecular flexibility index (Phi) is 8.37. The van der Waals surface area contributed by atoms with E-state index < -0.39 is 0 Å². The number of rotatable bonds is 2. The molecule has 1 heterocycles. The van der Waals surface area contributed by atoms with Crippen LogP contribution >= 0.6 is 0 Å². The Hall–Kier alpha value is -2.29. The Bertz CT molecular complexity index is 903. The summed E-state index contributed by atoms with van der Waals surface area (Å²) in [5.74, 6) is -0.0625. The first-order valence-electron chi connectivity index (χ1n) is 8.09. The zero-order valence-corrected chi connectivity index (χ0v) is 17.7. The third-order valence-electron chi connectivity index (χ3n) is 3.49. The summed E-state index contributed by atoms with van der Waals surface area (Å²) in [4.78, 5) is 14.5. The number of hydrogen-bond donors (Lipinski definition) is 1. The average Bonchev–Trinajstić information content (AvgIpc) is 2.52. The molecule has 137 valence electrons. The van der Waals surface area contributed by atoms with Gasteiger partial charge in [-0.15, -0.1) is 34.9 Å². The molecule has 3 rings (SSSR count). The van der Waals surface area contributed by atoms with Gasteiger partial charge >= 0.3 is 0 Å². The number of benzene rings is 2. The number of aliphatic hydroxyl groups is 1. The van der Waals surface area contributed by atoms with E-state index in [4.69, 9.17) is 5.11 Å². The summed E-state index contributed by atoms with van der Waals surface area (Å²) in [5, 5.41) is 10.8. The van der Waals surface area contributed by atoms with E-state index in [-0.39, 0.29) is 31.6 Å². The molecular formula is C22H22IrNO2-. The number of hydrogen-bond acceptors (Lipinski definition) is 3. The smallest absolute Gasteiger partial charge is 0.155 e. The first-order chi connectivity index (χ1) is 11.9. The Labute approximate surface area is 168 Å². The summed E-state index contributed by atoms with van der Waals surface area (Å²) in [7, 11) is 0. The van der Waals surface area contributed by atoms with Crippen molar-refractivity contribution in [3.63, 3.8) is 0 Å². The van der Waals surface area contributed by atoms with E-state index in [0.717, 1.165) is 16.8 Å².